The molecule has 0 aromatic heterocycles. The maximum Gasteiger partial charge on any atom is 0.253 e. The lowest BCUT2D eigenvalue weighted by molar-refractivity contribution is -0.140. The van der Waals surface area contributed by atoms with E-state index in [1.54, 1.807) is 6.92 Å². The van der Waals surface area contributed by atoms with Gasteiger partial charge in [-0.25, -0.2) is 0 Å². The lowest BCUT2D eigenvalue weighted by Crippen LogP contribution is -2.47. The van der Waals surface area contributed by atoms with Gasteiger partial charge in [-0.2, -0.15) is 0 Å². The molecule has 1 atom stereocenters. The van der Waals surface area contributed by atoms with E-state index < -0.39 is 5.41 Å². The molecule has 0 aromatic rings. The Morgan fingerprint density at radius 3 is 2.17 bits per heavy atom. The lowest BCUT2D eigenvalue weighted by atomic mass is 9.88. The molecule has 130 valence electrons. The highest BCUT2D eigenvalue weighted by molar-refractivity contribution is 6.13. The summed E-state index contributed by atoms with van der Waals surface area (Å²) < 4.78 is 5.66. The third-order valence-electron chi connectivity index (χ3n) is 3.72. The lowest BCUT2D eigenvalue weighted by Gasteiger charge is -2.28. The number of nitrogens with zero attached hydrogens (tertiary/aromatic N) is 1. The van der Waals surface area contributed by atoms with Crippen molar-refractivity contribution in [2.45, 2.75) is 59.6 Å². The van der Waals surface area contributed by atoms with Crippen molar-refractivity contribution in [3.63, 3.8) is 0 Å². The van der Waals surface area contributed by atoms with Crippen molar-refractivity contribution in [1.82, 2.24) is 10.2 Å². The zero-order valence-corrected chi connectivity index (χ0v) is 14.9. The van der Waals surface area contributed by atoms with Gasteiger partial charge < -0.3 is 10.1 Å². The first-order chi connectivity index (χ1) is 10.4. The van der Waals surface area contributed by atoms with Crippen LogP contribution < -0.4 is 5.32 Å². The van der Waals surface area contributed by atoms with Crippen LogP contribution in [-0.2, 0) is 19.1 Å². The summed E-state index contributed by atoms with van der Waals surface area (Å²) in [7, 11) is 0. The highest BCUT2D eigenvalue weighted by Crippen LogP contribution is 2.22. The Kier molecular flexibility index (Phi) is 6.11. The molecule has 0 spiro atoms. The Labute approximate surface area is 138 Å². The van der Waals surface area contributed by atoms with E-state index in [0.717, 1.165) is 4.90 Å². The van der Waals surface area contributed by atoms with E-state index in [-0.39, 0.29) is 35.9 Å². The van der Waals surface area contributed by atoms with Crippen molar-refractivity contribution >= 4 is 17.7 Å². The van der Waals surface area contributed by atoms with Crippen molar-refractivity contribution in [3.05, 3.63) is 12.2 Å². The topological polar surface area (TPSA) is 75.7 Å². The average Bonchev–Trinajstić information content (AvgIpc) is 2.73. The predicted octanol–water partition coefficient (Wildman–Crippen LogP) is 1.65. The molecular weight excluding hydrogens is 296 g/mol. The fourth-order valence-corrected chi connectivity index (χ4v) is 2.14. The highest BCUT2D eigenvalue weighted by atomic mass is 16.5. The monoisotopic (exact) mass is 324 g/mol. The second-order valence-electron chi connectivity index (χ2n) is 7.53. The van der Waals surface area contributed by atoms with Gasteiger partial charge in [0.1, 0.15) is 0 Å². The summed E-state index contributed by atoms with van der Waals surface area (Å²) in [5, 5.41) is 2.82. The zero-order chi connectivity index (χ0) is 17.8. The van der Waals surface area contributed by atoms with Crippen LogP contribution in [0.1, 0.15) is 48.0 Å². The van der Waals surface area contributed by atoms with E-state index in [9.17, 15) is 14.4 Å². The first-order valence-electron chi connectivity index (χ1n) is 7.91. The molecule has 23 heavy (non-hydrogen) atoms. The molecule has 1 rings (SSSR count). The van der Waals surface area contributed by atoms with Gasteiger partial charge in [0.25, 0.3) is 11.8 Å². The van der Waals surface area contributed by atoms with E-state index in [0.29, 0.717) is 13.0 Å². The van der Waals surface area contributed by atoms with E-state index >= 15 is 0 Å². The predicted molar refractivity (Wildman–Crippen MR) is 87.6 cm³/mol. The molecule has 0 radical (unpaired) electrons. The Morgan fingerprint density at radius 1 is 1.17 bits per heavy atom. The summed E-state index contributed by atoms with van der Waals surface area (Å²) in [5.74, 6) is -0.793. The molecule has 1 aliphatic rings. The summed E-state index contributed by atoms with van der Waals surface area (Å²) in [6, 6.07) is -0.379. The minimum Gasteiger partial charge on any atom is -0.376 e. The van der Waals surface area contributed by atoms with Crippen molar-refractivity contribution < 1.29 is 19.1 Å². The Bertz CT molecular complexity index is 485. The molecule has 6 heteroatoms. The van der Waals surface area contributed by atoms with Gasteiger partial charge in [0.2, 0.25) is 5.91 Å². The smallest absolute Gasteiger partial charge is 0.253 e. The van der Waals surface area contributed by atoms with Crippen LogP contribution in [0.4, 0.5) is 0 Å². The number of hydrogen-bond donors (Lipinski definition) is 1. The van der Waals surface area contributed by atoms with Crippen LogP contribution in [0.2, 0.25) is 0 Å². The van der Waals surface area contributed by atoms with Gasteiger partial charge in [-0.3, -0.25) is 19.3 Å². The number of amides is 3. The molecule has 1 N–H and O–H groups in total. The van der Waals surface area contributed by atoms with Gasteiger partial charge in [0, 0.05) is 30.7 Å². The maximum absolute atomic E-state index is 12.3. The van der Waals surface area contributed by atoms with Crippen molar-refractivity contribution in [2.24, 2.45) is 5.41 Å². The Morgan fingerprint density at radius 2 is 1.70 bits per heavy atom. The minimum atomic E-state index is -0.581. The summed E-state index contributed by atoms with van der Waals surface area (Å²) in [4.78, 5) is 36.7. The standard InChI is InChI=1S/C17H28N2O4/c1-12(19-13(20)7-8-14(19)21)11-18-15(22)17(5,6)9-10-23-16(2,3)4/h7-8,12H,9-11H2,1-6H3,(H,18,22). The van der Waals surface area contributed by atoms with Gasteiger partial charge in [-0.05, 0) is 34.1 Å². The van der Waals surface area contributed by atoms with Crippen LogP contribution in [0.3, 0.4) is 0 Å². The number of nitrogens with one attached hydrogen (secondary N) is 1. The van der Waals surface area contributed by atoms with Crippen LogP contribution in [-0.4, -0.2) is 47.4 Å². The normalized spacial score (nSPS) is 16.9. The molecule has 1 unspecified atom stereocenters. The third kappa shape index (κ3) is 5.78. The van der Waals surface area contributed by atoms with E-state index in [4.69, 9.17) is 4.74 Å². The molecule has 0 aromatic carbocycles. The van der Waals surface area contributed by atoms with Crippen molar-refractivity contribution in [3.8, 4) is 0 Å². The van der Waals surface area contributed by atoms with Crippen LogP contribution in [0.25, 0.3) is 0 Å². The number of hydrogen-bond acceptors (Lipinski definition) is 4. The Balaban J connectivity index is 2.45. The fraction of sp³-hybridized carbons (Fsp3) is 0.706. The maximum atomic E-state index is 12.3. The highest BCUT2D eigenvalue weighted by Gasteiger charge is 2.31. The number of carbonyl (C=O) groups excluding carboxylic acids is 3. The van der Waals surface area contributed by atoms with Gasteiger partial charge in [0.05, 0.1) is 11.6 Å². The van der Waals surface area contributed by atoms with Crippen molar-refractivity contribution in [1.29, 1.82) is 0 Å². The second kappa shape index (κ2) is 7.25. The largest absolute Gasteiger partial charge is 0.376 e. The number of ether oxygens (including phenoxy) is 1. The minimum absolute atomic E-state index is 0.117. The fourth-order valence-electron chi connectivity index (χ4n) is 2.14. The molecule has 0 bridgehead atoms. The van der Waals surface area contributed by atoms with Gasteiger partial charge >= 0.3 is 0 Å². The van der Waals surface area contributed by atoms with Gasteiger partial charge in [-0.15, -0.1) is 0 Å². The molecule has 6 nitrogen and oxygen atoms in total. The van der Waals surface area contributed by atoms with Gasteiger partial charge in [0.15, 0.2) is 0 Å². The first-order valence-corrected chi connectivity index (χ1v) is 7.91. The summed E-state index contributed by atoms with van der Waals surface area (Å²) >= 11 is 0. The molecular formula is C17H28N2O4. The van der Waals surface area contributed by atoms with Crippen molar-refractivity contribution in [2.75, 3.05) is 13.2 Å². The summed E-state index contributed by atoms with van der Waals surface area (Å²) in [6.45, 7) is 12.1. The molecule has 1 aliphatic heterocycles. The number of rotatable bonds is 7. The third-order valence-corrected chi connectivity index (χ3v) is 3.72. The Hall–Kier alpha value is -1.69. The van der Waals surface area contributed by atoms with E-state index in [1.807, 2.05) is 34.6 Å². The first kappa shape index (κ1) is 19.4. The van der Waals surface area contributed by atoms with Gasteiger partial charge in [-0.1, -0.05) is 13.8 Å². The van der Waals surface area contributed by atoms with E-state index in [2.05, 4.69) is 5.32 Å². The SMILES string of the molecule is CC(CNC(=O)C(C)(C)CCOC(C)(C)C)N1C(=O)C=CC1=O. The number of imide groups is 1. The molecule has 1 heterocycles. The molecule has 0 saturated carbocycles. The van der Waals surface area contributed by atoms with Crippen LogP contribution in [0.5, 0.6) is 0 Å². The van der Waals surface area contributed by atoms with Crippen LogP contribution >= 0.6 is 0 Å². The van der Waals surface area contributed by atoms with E-state index in [1.165, 1.54) is 12.2 Å². The zero-order valence-electron chi connectivity index (χ0n) is 14.9. The molecule has 0 saturated heterocycles. The van der Waals surface area contributed by atoms with Crippen LogP contribution in [0, 0.1) is 5.41 Å². The average molecular weight is 324 g/mol. The summed E-state index contributed by atoms with van der Waals surface area (Å²) in [5.41, 5.74) is -0.813. The number of carbonyl (C=O) groups is 3. The van der Waals surface area contributed by atoms with Crippen LogP contribution in [0.15, 0.2) is 12.2 Å². The second-order valence-corrected chi connectivity index (χ2v) is 7.53. The quantitative estimate of drug-likeness (QED) is 0.723. The molecule has 3 amide bonds. The molecule has 0 fully saturated rings. The summed E-state index contributed by atoms with van der Waals surface area (Å²) in [6.07, 6.45) is 3.08. The molecule has 0 aliphatic carbocycles.